The molecule has 0 saturated heterocycles. The van der Waals surface area contributed by atoms with Crippen LogP contribution in [0, 0.1) is 17.8 Å². The van der Waals surface area contributed by atoms with E-state index in [1.165, 1.54) is 6.92 Å². The molecule has 0 fully saturated rings. The number of fused-ring (bicyclic) bond motifs is 4. The number of benzene rings is 3. The monoisotopic (exact) mass is 1340 g/mol. The molecule has 17 N–H and O–H groups in total. The number of hydrogen-bond donors (Lipinski definition) is 15. The van der Waals surface area contributed by atoms with E-state index in [0.717, 1.165) is 33.2 Å². The van der Waals surface area contributed by atoms with E-state index in [2.05, 4.69) is 52.8 Å². The molecule has 0 unspecified atom stereocenters. The predicted molar refractivity (Wildman–Crippen MR) is 352 cm³/mol. The zero-order chi connectivity index (χ0) is 70.9. The van der Waals surface area contributed by atoms with Crippen molar-refractivity contribution in [2.24, 2.45) is 29.2 Å². The highest BCUT2D eigenvalue weighted by Crippen LogP contribution is 2.44. The standard InChI is InChI=1S/C67H92N12O17/c1-35(2)28-50(76-64(92)51(29-36(3)4)75-61(89)49(24-26-56(82)83)79-67(95)96-34-45-43-19-10-8-17-41(43)42-18-9-11-20-44(42)45)63(91)73-48(23-25-55(80)81)60(88)74-52(30-37(5)6)65(93)78-54(32-57(84)85)66(94)72-47(22-14-15-27-68)59(87)77-53(62(90)71-38(7)58(69)86)31-39-33-70-46-21-13-12-16-40(39)46/h8-13,16-21,33,35-38,45,47-54,70H,14-15,22-32,34,68H2,1-7H3,(H2,69,86)(H,71,90)(H,72,94)(H,73,91)(H,74,88)(H,75,89)(H,76,92)(H,77,87)(H,78,93)(H,79,95)(H,80,81)(H,82,83)(H,84,85)/t38-,47-,48-,49-,50-,51-,52-,53-,54-/m0/s1. The van der Waals surface area contributed by atoms with Gasteiger partial charge in [-0.1, -0.05) is 108 Å². The molecular weight excluding hydrogens is 1240 g/mol. The van der Waals surface area contributed by atoms with Gasteiger partial charge in [-0.3, -0.25) is 57.5 Å². The highest BCUT2D eigenvalue weighted by molar-refractivity contribution is 6.00. The summed E-state index contributed by atoms with van der Waals surface area (Å²) >= 11 is 0. The van der Waals surface area contributed by atoms with Gasteiger partial charge in [0.05, 0.1) is 6.42 Å². The van der Waals surface area contributed by atoms with Gasteiger partial charge in [-0.05, 0) is 116 Å². The summed E-state index contributed by atoms with van der Waals surface area (Å²) in [6.07, 6.45) is -2.50. The number of primary amides is 1. The molecule has 5 rings (SSSR count). The van der Waals surface area contributed by atoms with E-state index in [-0.39, 0.29) is 69.4 Å². The van der Waals surface area contributed by atoms with Crippen LogP contribution in [-0.4, -0.2) is 165 Å². The maximum absolute atomic E-state index is 14.4. The summed E-state index contributed by atoms with van der Waals surface area (Å²) in [4.78, 5) is 179. The number of ether oxygens (including phenoxy) is 1. The quantitative estimate of drug-likeness (QED) is 0.0284. The molecule has 0 bridgehead atoms. The number of H-pyrrole nitrogens is 1. The van der Waals surface area contributed by atoms with Crippen LogP contribution in [0.15, 0.2) is 79.0 Å². The number of unbranched alkanes of at least 4 members (excludes halogenated alkanes) is 1. The van der Waals surface area contributed by atoms with Crippen molar-refractivity contribution in [2.75, 3.05) is 13.2 Å². The molecule has 0 spiro atoms. The van der Waals surface area contributed by atoms with E-state index in [9.17, 15) is 77.6 Å². The van der Waals surface area contributed by atoms with Crippen molar-refractivity contribution in [3.8, 4) is 11.1 Å². The van der Waals surface area contributed by atoms with Gasteiger partial charge in [0.25, 0.3) is 0 Å². The number of nitrogens with one attached hydrogen (secondary N) is 10. The third kappa shape index (κ3) is 23.8. The van der Waals surface area contributed by atoms with Crippen LogP contribution in [0.4, 0.5) is 4.79 Å². The fraction of sp³-hybridized carbons (Fsp3) is 0.507. The van der Waals surface area contributed by atoms with Crippen LogP contribution in [0.5, 0.6) is 0 Å². The van der Waals surface area contributed by atoms with Gasteiger partial charge in [0.2, 0.25) is 53.2 Å². The molecule has 96 heavy (non-hydrogen) atoms. The van der Waals surface area contributed by atoms with Crippen LogP contribution < -0.4 is 59.3 Å². The minimum Gasteiger partial charge on any atom is -0.481 e. The maximum Gasteiger partial charge on any atom is 0.407 e. The summed E-state index contributed by atoms with van der Waals surface area (Å²) < 4.78 is 5.65. The number of aliphatic carboxylic acids is 3. The Bertz CT molecular complexity index is 3380. The first-order chi connectivity index (χ1) is 45.5. The number of aromatic amines is 1. The van der Waals surface area contributed by atoms with Crippen LogP contribution in [0.2, 0.25) is 0 Å². The number of amides is 10. The molecule has 10 amide bonds. The number of nitrogens with two attached hydrogens (primary N) is 2. The van der Waals surface area contributed by atoms with Gasteiger partial charge in [0, 0.05) is 42.3 Å². The third-order valence-electron chi connectivity index (χ3n) is 16.0. The van der Waals surface area contributed by atoms with E-state index < -0.39 is 170 Å². The first kappa shape index (κ1) is 76.8. The van der Waals surface area contributed by atoms with Crippen molar-refractivity contribution in [3.05, 3.63) is 95.7 Å². The molecular formula is C67H92N12O17. The minimum absolute atomic E-state index is 0.0271. The van der Waals surface area contributed by atoms with Crippen molar-refractivity contribution < 1.29 is 82.4 Å². The number of carboxylic acids is 3. The van der Waals surface area contributed by atoms with Crippen LogP contribution in [-0.2, 0) is 68.7 Å². The SMILES string of the molecule is CC(C)C[C@H](NC(=O)[C@H](CCC(=O)O)NC(=O)OCC1c2ccccc2-c2ccccc21)C(=O)N[C@@H](CC(C)C)C(=O)N[C@@H](CCC(=O)O)C(=O)N[C@@H](CC(C)C)C(=O)N[C@@H](CC(=O)O)C(=O)N[C@@H](CCCCN)C(=O)N[C@@H](Cc1c[nH]c2ccccc12)C(=O)N[C@@H](C)C(N)=O. The molecule has 29 nitrogen and oxygen atoms in total. The summed E-state index contributed by atoms with van der Waals surface area (Å²) in [7, 11) is 0. The average molecular weight is 1340 g/mol. The number of para-hydroxylation sites is 1. The Labute approximate surface area is 556 Å². The molecule has 9 atom stereocenters. The van der Waals surface area contributed by atoms with Gasteiger partial charge in [0.15, 0.2) is 0 Å². The molecule has 522 valence electrons. The number of carbonyl (C=O) groups excluding carboxylic acids is 10. The second-order valence-corrected chi connectivity index (χ2v) is 25.3. The third-order valence-corrected chi connectivity index (χ3v) is 16.0. The predicted octanol–water partition coefficient (Wildman–Crippen LogP) is 2.47. The molecule has 1 heterocycles. The minimum atomic E-state index is -1.91. The normalized spacial score (nSPS) is 14.6. The van der Waals surface area contributed by atoms with Crippen LogP contribution in [0.1, 0.15) is 142 Å². The summed E-state index contributed by atoms with van der Waals surface area (Å²) in [5, 5.41) is 52.8. The largest absolute Gasteiger partial charge is 0.481 e. The summed E-state index contributed by atoms with van der Waals surface area (Å²) in [6, 6.07) is 8.88. The zero-order valence-corrected chi connectivity index (χ0v) is 55.1. The molecule has 1 aliphatic rings. The molecule has 0 radical (unpaired) electrons. The number of hydrogen-bond acceptors (Lipinski definition) is 15. The molecule has 4 aromatic rings. The highest BCUT2D eigenvalue weighted by Gasteiger charge is 2.38. The van der Waals surface area contributed by atoms with Crippen molar-refractivity contribution in [1.29, 1.82) is 0 Å². The number of carbonyl (C=O) groups is 13. The van der Waals surface area contributed by atoms with Gasteiger partial charge in [0.1, 0.15) is 61.0 Å². The number of alkyl carbamates (subject to hydrolysis) is 1. The first-order valence-corrected chi connectivity index (χ1v) is 32.2. The maximum atomic E-state index is 14.4. The van der Waals surface area contributed by atoms with E-state index >= 15 is 0 Å². The summed E-state index contributed by atoms with van der Waals surface area (Å²) in [5.74, 6) is -14.3. The number of carboxylic acid groups (broad SMARTS) is 3. The van der Waals surface area contributed by atoms with E-state index in [0.29, 0.717) is 12.0 Å². The zero-order valence-electron chi connectivity index (χ0n) is 55.1. The van der Waals surface area contributed by atoms with E-state index in [1.54, 1.807) is 72.0 Å². The smallest absolute Gasteiger partial charge is 0.407 e. The van der Waals surface area contributed by atoms with Crippen LogP contribution in [0.25, 0.3) is 22.0 Å². The fourth-order valence-electron chi connectivity index (χ4n) is 11.1. The van der Waals surface area contributed by atoms with Gasteiger partial charge in [-0.2, -0.15) is 0 Å². The lowest BCUT2D eigenvalue weighted by Crippen LogP contribution is -2.61. The number of aromatic nitrogens is 1. The molecule has 0 aliphatic heterocycles. The Balaban J connectivity index is 1.32. The Hall–Kier alpha value is -9.93. The highest BCUT2D eigenvalue weighted by atomic mass is 16.5. The van der Waals surface area contributed by atoms with Crippen molar-refractivity contribution >= 4 is 88.1 Å². The van der Waals surface area contributed by atoms with Gasteiger partial charge in [-0.15, -0.1) is 0 Å². The molecule has 1 aliphatic carbocycles. The van der Waals surface area contributed by atoms with E-state index in [4.69, 9.17) is 16.2 Å². The molecule has 3 aromatic carbocycles. The van der Waals surface area contributed by atoms with Gasteiger partial charge >= 0.3 is 24.0 Å². The molecule has 0 saturated carbocycles. The van der Waals surface area contributed by atoms with Crippen molar-refractivity contribution in [2.45, 2.75) is 186 Å². The fourth-order valence-corrected chi connectivity index (χ4v) is 11.1. The van der Waals surface area contributed by atoms with Gasteiger partial charge in [-0.25, -0.2) is 4.79 Å². The van der Waals surface area contributed by atoms with E-state index in [1.807, 2.05) is 48.5 Å². The Morgan fingerprint density at radius 2 is 0.865 bits per heavy atom. The lowest BCUT2D eigenvalue weighted by molar-refractivity contribution is -0.142. The molecule has 1 aromatic heterocycles. The Morgan fingerprint density at radius 3 is 1.32 bits per heavy atom. The lowest BCUT2D eigenvalue weighted by atomic mass is 9.98. The Kier molecular flexibility index (Phi) is 29.8. The average Bonchev–Trinajstić information content (AvgIpc) is 1.62. The Morgan fingerprint density at radius 1 is 0.469 bits per heavy atom. The lowest BCUT2D eigenvalue weighted by Gasteiger charge is -2.29. The summed E-state index contributed by atoms with van der Waals surface area (Å²) in [6.45, 7) is 11.7. The van der Waals surface area contributed by atoms with Gasteiger partial charge < -0.3 is 84.4 Å². The topological polar surface area (TPSA) is 468 Å². The van der Waals surface area contributed by atoms with Crippen molar-refractivity contribution in [1.82, 2.24) is 52.8 Å². The summed E-state index contributed by atoms with van der Waals surface area (Å²) in [5.41, 5.74) is 16.3. The second kappa shape index (κ2) is 37.2. The van der Waals surface area contributed by atoms with Crippen molar-refractivity contribution in [3.63, 3.8) is 0 Å². The van der Waals surface area contributed by atoms with Crippen LogP contribution >= 0.6 is 0 Å². The molecule has 29 heteroatoms. The number of rotatable bonds is 40. The van der Waals surface area contributed by atoms with Crippen LogP contribution in [0.3, 0.4) is 0 Å². The first-order valence-electron chi connectivity index (χ1n) is 32.2. The second-order valence-electron chi connectivity index (χ2n) is 25.3.